The van der Waals surface area contributed by atoms with E-state index in [0.717, 1.165) is 19.4 Å². The minimum Gasteiger partial charge on any atom is -0.273 e. The highest BCUT2D eigenvalue weighted by Crippen LogP contribution is 2.12. The van der Waals surface area contributed by atoms with Gasteiger partial charge in [-0.3, -0.25) is 4.18 Å². The maximum atomic E-state index is 12.9. The van der Waals surface area contributed by atoms with Crippen molar-refractivity contribution in [2.24, 2.45) is 0 Å². The summed E-state index contributed by atoms with van der Waals surface area (Å²) < 4.78 is 51.3. The van der Waals surface area contributed by atoms with Crippen molar-refractivity contribution < 1.29 is 21.4 Å². The minimum absolute atomic E-state index is 0.306. The summed E-state index contributed by atoms with van der Waals surface area (Å²) in [7, 11) is -2.90. The first-order valence-corrected chi connectivity index (χ1v) is 5.11. The number of rotatable bonds is 3. The first-order valence-electron chi connectivity index (χ1n) is 3.53. The second kappa shape index (κ2) is 3.97. The predicted octanol–water partition coefficient (Wildman–Crippen LogP) is 0.836. The van der Waals surface area contributed by atoms with Crippen molar-refractivity contribution in [3.8, 4) is 0 Å². The molecule has 0 aromatic carbocycles. The molecular weight excluding hydrogens is 216 g/mol. The number of aromatic nitrogens is 1. The zero-order chi connectivity index (χ0) is 10.8. The third-order valence-electron chi connectivity index (χ3n) is 1.51. The van der Waals surface area contributed by atoms with E-state index in [1.54, 1.807) is 0 Å². The Morgan fingerprint density at radius 1 is 1.50 bits per heavy atom. The Morgan fingerprint density at radius 3 is 2.71 bits per heavy atom. The monoisotopic (exact) mass is 223 g/mol. The van der Waals surface area contributed by atoms with Crippen molar-refractivity contribution in [1.29, 1.82) is 0 Å². The van der Waals surface area contributed by atoms with Gasteiger partial charge < -0.3 is 0 Å². The minimum atomic E-state index is -3.85. The number of nitrogens with zero attached hydrogens (tertiary/aromatic N) is 1. The van der Waals surface area contributed by atoms with Crippen LogP contribution in [0.15, 0.2) is 12.3 Å². The summed E-state index contributed by atoms with van der Waals surface area (Å²) >= 11 is 0. The fourth-order valence-electron chi connectivity index (χ4n) is 0.816. The molecule has 4 nitrogen and oxygen atoms in total. The van der Waals surface area contributed by atoms with Crippen LogP contribution in [0.25, 0.3) is 0 Å². The molecular formula is C7H7F2NO3S. The van der Waals surface area contributed by atoms with E-state index in [1.165, 1.54) is 0 Å². The zero-order valence-corrected chi connectivity index (χ0v) is 8.01. The van der Waals surface area contributed by atoms with Gasteiger partial charge in [-0.15, -0.1) is 0 Å². The molecule has 7 heteroatoms. The van der Waals surface area contributed by atoms with Crippen LogP contribution in [0.4, 0.5) is 8.78 Å². The van der Waals surface area contributed by atoms with Crippen LogP contribution in [0.2, 0.25) is 0 Å². The maximum Gasteiger partial charge on any atom is 0.271 e. The second-order valence-electron chi connectivity index (χ2n) is 2.44. The molecule has 0 N–H and O–H groups in total. The maximum absolute atomic E-state index is 12.9. The predicted molar refractivity (Wildman–Crippen MR) is 43.8 cm³/mol. The largest absolute Gasteiger partial charge is 0.273 e. The van der Waals surface area contributed by atoms with E-state index in [1.807, 2.05) is 0 Å². The molecule has 1 heterocycles. The van der Waals surface area contributed by atoms with Crippen molar-refractivity contribution in [2.75, 3.05) is 7.11 Å². The molecule has 0 aliphatic rings. The highest BCUT2D eigenvalue weighted by Gasteiger charge is 2.16. The SMILES string of the molecule is COS(=O)(=O)Cc1ccnc(F)c1F. The highest BCUT2D eigenvalue weighted by atomic mass is 32.2. The fraction of sp³-hybridized carbons (Fsp3) is 0.286. The summed E-state index contributed by atoms with van der Waals surface area (Å²) in [5.74, 6) is -3.31. The van der Waals surface area contributed by atoms with Gasteiger partial charge in [-0.2, -0.15) is 12.8 Å². The van der Waals surface area contributed by atoms with E-state index < -0.39 is 27.6 Å². The molecule has 0 amide bonds. The first-order chi connectivity index (χ1) is 6.46. The van der Waals surface area contributed by atoms with Crippen molar-refractivity contribution in [3.05, 3.63) is 29.6 Å². The number of hydrogen-bond acceptors (Lipinski definition) is 4. The van der Waals surface area contributed by atoms with Crippen molar-refractivity contribution in [2.45, 2.75) is 5.75 Å². The molecule has 1 rings (SSSR count). The molecule has 0 saturated carbocycles. The van der Waals surface area contributed by atoms with Gasteiger partial charge in [0.15, 0.2) is 5.82 Å². The Morgan fingerprint density at radius 2 is 2.14 bits per heavy atom. The van der Waals surface area contributed by atoms with Crippen LogP contribution < -0.4 is 0 Å². The molecule has 0 spiro atoms. The normalized spacial score (nSPS) is 11.6. The molecule has 0 bridgehead atoms. The van der Waals surface area contributed by atoms with Crippen LogP contribution >= 0.6 is 0 Å². The van der Waals surface area contributed by atoms with E-state index >= 15 is 0 Å². The molecule has 0 aliphatic carbocycles. The summed E-state index contributed by atoms with van der Waals surface area (Å²) in [5.41, 5.74) is -0.306. The molecule has 0 radical (unpaired) electrons. The van der Waals surface area contributed by atoms with Crippen LogP contribution in [0.1, 0.15) is 5.56 Å². The zero-order valence-electron chi connectivity index (χ0n) is 7.20. The third-order valence-corrected chi connectivity index (χ3v) is 2.69. The van der Waals surface area contributed by atoms with Gasteiger partial charge in [0.25, 0.3) is 10.1 Å². The highest BCUT2D eigenvalue weighted by molar-refractivity contribution is 7.85. The van der Waals surface area contributed by atoms with E-state index in [9.17, 15) is 17.2 Å². The van der Waals surface area contributed by atoms with Gasteiger partial charge in [0.1, 0.15) is 5.75 Å². The lowest BCUT2D eigenvalue weighted by atomic mass is 10.3. The molecule has 78 valence electrons. The van der Waals surface area contributed by atoms with Crippen LogP contribution in [-0.4, -0.2) is 20.5 Å². The van der Waals surface area contributed by atoms with E-state index in [4.69, 9.17) is 0 Å². The van der Waals surface area contributed by atoms with Gasteiger partial charge in [-0.25, -0.2) is 9.37 Å². The molecule has 0 unspecified atom stereocenters. The average Bonchev–Trinajstić information content (AvgIpc) is 2.13. The second-order valence-corrected chi connectivity index (χ2v) is 4.18. The smallest absolute Gasteiger partial charge is 0.271 e. The molecule has 0 atom stereocenters. The molecule has 0 saturated heterocycles. The molecule has 0 aliphatic heterocycles. The van der Waals surface area contributed by atoms with E-state index in [2.05, 4.69) is 9.17 Å². The van der Waals surface area contributed by atoms with Crippen LogP contribution in [0, 0.1) is 11.8 Å². The molecule has 1 aromatic heterocycles. The molecule has 1 aromatic rings. The van der Waals surface area contributed by atoms with Gasteiger partial charge in [0.05, 0.1) is 7.11 Å². The summed E-state index contributed by atoms with van der Waals surface area (Å²) in [6.45, 7) is 0. The Labute approximate surface area is 79.7 Å². The number of halogens is 2. The quantitative estimate of drug-likeness (QED) is 0.562. The first kappa shape index (κ1) is 11.0. The van der Waals surface area contributed by atoms with Gasteiger partial charge in [0.2, 0.25) is 5.95 Å². The average molecular weight is 223 g/mol. The van der Waals surface area contributed by atoms with Gasteiger partial charge in [-0.05, 0) is 6.07 Å². The Hall–Kier alpha value is -1.08. The van der Waals surface area contributed by atoms with Gasteiger partial charge >= 0.3 is 0 Å². The lowest BCUT2D eigenvalue weighted by Gasteiger charge is -2.02. The lowest BCUT2D eigenvalue weighted by Crippen LogP contribution is -2.08. The van der Waals surface area contributed by atoms with Crippen LogP contribution in [0.3, 0.4) is 0 Å². The van der Waals surface area contributed by atoms with Crippen LogP contribution in [-0.2, 0) is 20.1 Å². The summed E-state index contributed by atoms with van der Waals surface area (Å²) in [6, 6.07) is 1.08. The molecule has 14 heavy (non-hydrogen) atoms. The van der Waals surface area contributed by atoms with Crippen molar-refractivity contribution in [3.63, 3.8) is 0 Å². The van der Waals surface area contributed by atoms with Gasteiger partial charge in [0, 0.05) is 11.8 Å². The number of hydrogen-bond donors (Lipinski definition) is 0. The van der Waals surface area contributed by atoms with Crippen molar-refractivity contribution >= 4 is 10.1 Å². The Balaban J connectivity index is 3.05. The topological polar surface area (TPSA) is 56.3 Å². The summed E-state index contributed by atoms with van der Waals surface area (Å²) in [6.07, 6.45) is 0.985. The van der Waals surface area contributed by atoms with Crippen LogP contribution in [0.5, 0.6) is 0 Å². The molecule has 0 fully saturated rings. The van der Waals surface area contributed by atoms with E-state index in [0.29, 0.717) is 0 Å². The standard InChI is InChI=1S/C7H7F2NO3S/c1-13-14(11,12)4-5-2-3-10-7(9)6(5)8/h2-3H,4H2,1H3. The van der Waals surface area contributed by atoms with Gasteiger partial charge in [-0.1, -0.05) is 0 Å². The summed E-state index contributed by atoms with van der Waals surface area (Å²) in [4.78, 5) is 3.02. The van der Waals surface area contributed by atoms with E-state index in [-0.39, 0.29) is 5.56 Å². The number of pyridine rings is 1. The van der Waals surface area contributed by atoms with Crippen molar-refractivity contribution in [1.82, 2.24) is 4.98 Å². The summed E-state index contributed by atoms with van der Waals surface area (Å²) in [5, 5.41) is 0. The third kappa shape index (κ3) is 2.46. The lowest BCUT2D eigenvalue weighted by molar-refractivity contribution is 0.395. The Bertz CT molecular complexity index is 433. The Kier molecular flexibility index (Phi) is 3.12. The fourth-order valence-corrected chi connectivity index (χ4v) is 1.54.